The van der Waals surface area contributed by atoms with Crippen LogP contribution in [0.3, 0.4) is 0 Å². The third kappa shape index (κ3) is 2.70. The third-order valence-corrected chi connectivity index (χ3v) is 2.91. The molecule has 88 valence electrons. The highest BCUT2D eigenvalue weighted by Crippen LogP contribution is 2.25. The van der Waals surface area contributed by atoms with Crippen LogP contribution in [0, 0.1) is 11.6 Å². The molecule has 0 spiro atoms. The van der Waals surface area contributed by atoms with E-state index in [-0.39, 0.29) is 17.9 Å². The third-order valence-electron chi connectivity index (χ3n) is 2.91. The number of ether oxygens (including phenoxy) is 1. The van der Waals surface area contributed by atoms with Crippen molar-refractivity contribution in [3.05, 3.63) is 29.8 Å². The average Bonchev–Trinajstić information content (AvgIpc) is 2.27. The molecule has 0 aromatic heterocycles. The molecule has 0 saturated heterocycles. The predicted molar refractivity (Wildman–Crippen MR) is 57.2 cm³/mol. The Morgan fingerprint density at radius 3 is 2.50 bits per heavy atom. The molecule has 2 nitrogen and oxygen atoms in total. The summed E-state index contributed by atoms with van der Waals surface area (Å²) in [6, 6.07) is 3.47. The summed E-state index contributed by atoms with van der Waals surface area (Å²) in [5.41, 5.74) is 5.75. The van der Waals surface area contributed by atoms with Gasteiger partial charge in [-0.15, -0.1) is 0 Å². The number of rotatable bonds is 2. The smallest absolute Gasteiger partial charge is 0.165 e. The van der Waals surface area contributed by atoms with E-state index >= 15 is 0 Å². The number of hydrogen-bond acceptors (Lipinski definition) is 2. The van der Waals surface area contributed by atoms with E-state index < -0.39 is 11.6 Å². The average molecular weight is 227 g/mol. The molecule has 2 rings (SSSR count). The molecule has 4 heteroatoms. The van der Waals surface area contributed by atoms with Crippen LogP contribution in [0.2, 0.25) is 0 Å². The lowest BCUT2D eigenvalue weighted by molar-refractivity contribution is 0.141. The van der Waals surface area contributed by atoms with Gasteiger partial charge in [0.25, 0.3) is 0 Å². The molecule has 0 aliphatic heterocycles. The van der Waals surface area contributed by atoms with Crippen LogP contribution < -0.4 is 10.5 Å². The van der Waals surface area contributed by atoms with Gasteiger partial charge in [-0.2, -0.15) is 0 Å². The lowest BCUT2D eigenvalue weighted by Crippen LogP contribution is -2.31. The summed E-state index contributed by atoms with van der Waals surface area (Å²) in [6.45, 7) is 0. The minimum absolute atomic E-state index is 0.000437. The summed E-state index contributed by atoms with van der Waals surface area (Å²) < 4.78 is 31.6. The zero-order valence-electron chi connectivity index (χ0n) is 8.96. The summed E-state index contributed by atoms with van der Waals surface area (Å²) in [5.74, 6) is -0.999. The van der Waals surface area contributed by atoms with Gasteiger partial charge >= 0.3 is 0 Å². The second-order valence-corrected chi connectivity index (χ2v) is 4.23. The molecule has 0 unspecified atom stereocenters. The molecule has 0 atom stereocenters. The van der Waals surface area contributed by atoms with Crippen molar-refractivity contribution < 1.29 is 13.5 Å². The second kappa shape index (κ2) is 4.78. The normalized spacial score (nSPS) is 25.4. The quantitative estimate of drug-likeness (QED) is 0.842. The van der Waals surface area contributed by atoms with E-state index in [4.69, 9.17) is 10.5 Å². The molecule has 1 saturated carbocycles. The Labute approximate surface area is 93.4 Å². The van der Waals surface area contributed by atoms with E-state index in [0.717, 1.165) is 43.9 Å². The molecule has 16 heavy (non-hydrogen) atoms. The van der Waals surface area contributed by atoms with Crippen LogP contribution in [0.25, 0.3) is 0 Å². The monoisotopic (exact) mass is 227 g/mol. The first-order chi connectivity index (χ1) is 7.65. The lowest BCUT2D eigenvalue weighted by atomic mass is 9.94. The van der Waals surface area contributed by atoms with Crippen molar-refractivity contribution in [1.29, 1.82) is 0 Å². The van der Waals surface area contributed by atoms with Gasteiger partial charge in [-0.3, -0.25) is 0 Å². The van der Waals surface area contributed by atoms with Gasteiger partial charge in [-0.25, -0.2) is 8.78 Å². The van der Waals surface area contributed by atoms with Crippen molar-refractivity contribution in [2.24, 2.45) is 5.73 Å². The van der Waals surface area contributed by atoms with Crippen molar-refractivity contribution in [3.8, 4) is 5.75 Å². The van der Waals surface area contributed by atoms with Crippen molar-refractivity contribution in [2.45, 2.75) is 37.8 Å². The highest BCUT2D eigenvalue weighted by Gasteiger charge is 2.21. The number of hydrogen-bond donors (Lipinski definition) is 1. The molecule has 0 radical (unpaired) electrons. The number of halogens is 2. The Bertz CT molecular complexity index is 362. The SMILES string of the molecule is NC1CCC(Oc2cc(F)ccc2F)CC1. The summed E-state index contributed by atoms with van der Waals surface area (Å²) >= 11 is 0. The molecule has 1 aromatic rings. The standard InChI is InChI=1S/C12H15F2NO/c13-8-1-6-11(14)12(7-8)16-10-4-2-9(15)3-5-10/h1,6-7,9-10H,2-5,15H2. The van der Waals surface area contributed by atoms with E-state index in [1.54, 1.807) is 0 Å². The maximum Gasteiger partial charge on any atom is 0.165 e. The van der Waals surface area contributed by atoms with Crippen LogP contribution in [0.15, 0.2) is 18.2 Å². The Kier molecular flexibility index (Phi) is 3.39. The molecule has 0 bridgehead atoms. The maximum absolute atomic E-state index is 13.3. The molecule has 2 N–H and O–H groups in total. The first-order valence-electron chi connectivity index (χ1n) is 5.52. The van der Waals surface area contributed by atoms with E-state index in [0.29, 0.717) is 0 Å². The first kappa shape index (κ1) is 11.3. The fourth-order valence-electron chi connectivity index (χ4n) is 1.95. The molecular weight excluding hydrogens is 212 g/mol. The minimum atomic E-state index is -0.517. The predicted octanol–water partition coefficient (Wildman–Crippen LogP) is 2.61. The van der Waals surface area contributed by atoms with Crippen molar-refractivity contribution in [2.75, 3.05) is 0 Å². The van der Waals surface area contributed by atoms with Gasteiger partial charge in [-0.05, 0) is 37.8 Å². The fourth-order valence-corrected chi connectivity index (χ4v) is 1.95. The zero-order valence-corrected chi connectivity index (χ0v) is 8.96. The Balaban J connectivity index is 2.00. The minimum Gasteiger partial charge on any atom is -0.487 e. The number of benzene rings is 1. The van der Waals surface area contributed by atoms with E-state index in [1.807, 2.05) is 0 Å². The highest BCUT2D eigenvalue weighted by atomic mass is 19.1. The molecule has 0 heterocycles. The lowest BCUT2D eigenvalue weighted by Gasteiger charge is -2.26. The maximum atomic E-state index is 13.3. The van der Waals surface area contributed by atoms with Gasteiger partial charge in [0.15, 0.2) is 11.6 Å². The fraction of sp³-hybridized carbons (Fsp3) is 0.500. The molecular formula is C12H15F2NO. The first-order valence-corrected chi connectivity index (χ1v) is 5.52. The van der Waals surface area contributed by atoms with Crippen LogP contribution in [-0.4, -0.2) is 12.1 Å². The Morgan fingerprint density at radius 2 is 1.81 bits per heavy atom. The van der Waals surface area contributed by atoms with E-state index in [1.165, 1.54) is 0 Å². The van der Waals surface area contributed by atoms with Gasteiger partial charge in [0, 0.05) is 12.1 Å². The second-order valence-electron chi connectivity index (χ2n) is 4.23. The van der Waals surface area contributed by atoms with Crippen molar-refractivity contribution in [3.63, 3.8) is 0 Å². The molecule has 1 aliphatic rings. The van der Waals surface area contributed by atoms with Crippen molar-refractivity contribution >= 4 is 0 Å². The van der Waals surface area contributed by atoms with Gasteiger partial charge in [0.05, 0.1) is 6.10 Å². The largest absolute Gasteiger partial charge is 0.487 e. The summed E-state index contributed by atoms with van der Waals surface area (Å²) in [4.78, 5) is 0. The summed E-state index contributed by atoms with van der Waals surface area (Å²) in [5, 5.41) is 0. The Morgan fingerprint density at radius 1 is 1.12 bits per heavy atom. The molecule has 0 amide bonds. The summed E-state index contributed by atoms with van der Waals surface area (Å²) in [6.07, 6.45) is 3.31. The molecule has 1 fully saturated rings. The topological polar surface area (TPSA) is 35.2 Å². The van der Waals surface area contributed by atoms with Gasteiger partial charge < -0.3 is 10.5 Å². The summed E-state index contributed by atoms with van der Waals surface area (Å²) in [7, 11) is 0. The van der Waals surface area contributed by atoms with Crippen LogP contribution in [0.1, 0.15) is 25.7 Å². The van der Waals surface area contributed by atoms with Gasteiger partial charge in [0.1, 0.15) is 5.82 Å². The molecule has 1 aliphatic carbocycles. The van der Waals surface area contributed by atoms with Gasteiger partial charge in [-0.1, -0.05) is 0 Å². The van der Waals surface area contributed by atoms with Gasteiger partial charge in [0.2, 0.25) is 0 Å². The zero-order chi connectivity index (χ0) is 11.5. The van der Waals surface area contributed by atoms with Crippen LogP contribution in [0.5, 0.6) is 5.75 Å². The van der Waals surface area contributed by atoms with Crippen LogP contribution in [0.4, 0.5) is 8.78 Å². The van der Waals surface area contributed by atoms with Crippen molar-refractivity contribution in [1.82, 2.24) is 0 Å². The highest BCUT2D eigenvalue weighted by molar-refractivity contribution is 5.25. The Hall–Kier alpha value is -1.16. The number of nitrogens with two attached hydrogens (primary N) is 1. The van der Waals surface area contributed by atoms with Crippen LogP contribution in [-0.2, 0) is 0 Å². The van der Waals surface area contributed by atoms with E-state index in [2.05, 4.69) is 0 Å². The molecule has 1 aromatic carbocycles. The van der Waals surface area contributed by atoms with E-state index in [9.17, 15) is 8.78 Å². The van der Waals surface area contributed by atoms with Crippen LogP contribution >= 0.6 is 0 Å².